The summed E-state index contributed by atoms with van der Waals surface area (Å²) >= 11 is 0. The fourth-order valence-corrected chi connectivity index (χ4v) is 1.87. The summed E-state index contributed by atoms with van der Waals surface area (Å²) in [5.41, 5.74) is 1.04. The van der Waals surface area contributed by atoms with Crippen LogP contribution in [0.1, 0.15) is 25.0 Å². The van der Waals surface area contributed by atoms with E-state index in [1.807, 2.05) is 31.2 Å². The summed E-state index contributed by atoms with van der Waals surface area (Å²) in [7, 11) is 1.63. The summed E-state index contributed by atoms with van der Waals surface area (Å²) < 4.78 is 10.3. The van der Waals surface area contributed by atoms with Crippen LogP contribution in [0.4, 0.5) is 0 Å². The molecule has 1 aliphatic rings. The highest BCUT2D eigenvalue weighted by Gasteiger charge is 2.32. The van der Waals surface area contributed by atoms with Gasteiger partial charge < -0.3 is 9.47 Å². The number of rotatable bonds is 2. The van der Waals surface area contributed by atoms with Gasteiger partial charge in [0.15, 0.2) is 0 Å². The normalized spacial score (nSPS) is 25.1. The van der Waals surface area contributed by atoms with Gasteiger partial charge in [0.05, 0.1) is 13.5 Å². The van der Waals surface area contributed by atoms with Crippen LogP contribution in [-0.4, -0.2) is 13.1 Å². The molecule has 0 amide bonds. The molecule has 0 saturated carbocycles. The Hall–Kier alpha value is -1.51. The molecule has 0 aliphatic carbocycles. The standard InChI is InChI=1S/C12H14O3/c1-8-7-11(13)15-12(8)9-3-5-10(14-2)6-4-9/h3-6,8,12H,7H2,1-2H3. The summed E-state index contributed by atoms with van der Waals surface area (Å²) in [5, 5.41) is 0. The number of benzene rings is 1. The van der Waals surface area contributed by atoms with Gasteiger partial charge in [-0.05, 0) is 17.7 Å². The monoisotopic (exact) mass is 206 g/mol. The molecule has 0 N–H and O–H groups in total. The van der Waals surface area contributed by atoms with Gasteiger partial charge in [0.25, 0.3) is 0 Å². The SMILES string of the molecule is COc1ccc(C2OC(=O)CC2C)cc1. The summed E-state index contributed by atoms with van der Waals surface area (Å²) in [5.74, 6) is 0.963. The quantitative estimate of drug-likeness (QED) is 0.696. The Morgan fingerprint density at radius 1 is 1.33 bits per heavy atom. The van der Waals surface area contributed by atoms with Crippen LogP contribution in [0.2, 0.25) is 0 Å². The zero-order chi connectivity index (χ0) is 10.8. The van der Waals surface area contributed by atoms with Crippen LogP contribution in [0, 0.1) is 5.92 Å². The first-order valence-corrected chi connectivity index (χ1v) is 5.04. The second-order valence-electron chi connectivity index (χ2n) is 3.87. The van der Waals surface area contributed by atoms with E-state index in [1.54, 1.807) is 7.11 Å². The molecular formula is C12H14O3. The molecule has 0 bridgehead atoms. The minimum Gasteiger partial charge on any atom is -0.497 e. The molecule has 1 heterocycles. The van der Waals surface area contributed by atoms with Crippen LogP contribution in [0.15, 0.2) is 24.3 Å². The zero-order valence-electron chi connectivity index (χ0n) is 8.90. The third kappa shape index (κ3) is 1.96. The minimum absolute atomic E-state index is 0.0941. The number of hydrogen-bond donors (Lipinski definition) is 0. The minimum atomic E-state index is -0.108. The van der Waals surface area contributed by atoms with Gasteiger partial charge >= 0.3 is 5.97 Å². The molecule has 0 spiro atoms. The largest absolute Gasteiger partial charge is 0.497 e. The average molecular weight is 206 g/mol. The van der Waals surface area contributed by atoms with E-state index in [9.17, 15) is 4.79 Å². The van der Waals surface area contributed by atoms with Crippen LogP contribution in [-0.2, 0) is 9.53 Å². The molecule has 2 atom stereocenters. The fraction of sp³-hybridized carbons (Fsp3) is 0.417. The zero-order valence-corrected chi connectivity index (χ0v) is 8.90. The van der Waals surface area contributed by atoms with E-state index in [0.29, 0.717) is 6.42 Å². The van der Waals surface area contributed by atoms with Crippen molar-refractivity contribution in [1.82, 2.24) is 0 Å². The lowest BCUT2D eigenvalue weighted by Gasteiger charge is -2.14. The molecular weight excluding hydrogens is 192 g/mol. The number of methoxy groups -OCH3 is 1. The van der Waals surface area contributed by atoms with Crippen molar-refractivity contribution in [3.8, 4) is 5.75 Å². The number of carbonyl (C=O) groups is 1. The molecule has 1 fully saturated rings. The second kappa shape index (κ2) is 3.93. The topological polar surface area (TPSA) is 35.5 Å². The van der Waals surface area contributed by atoms with Crippen molar-refractivity contribution < 1.29 is 14.3 Å². The molecule has 1 aromatic carbocycles. The van der Waals surface area contributed by atoms with Crippen LogP contribution in [0.25, 0.3) is 0 Å². The smallest absolute Gasteiger partial charge is 0.306 e. The predicted octanol–water partition coefficient (Wildman–Crippen LogP) is 2.32. The van der Waals surface area contributed by atoms with E-state index < -0.39 is 0 Å². The van der Waals surface area contributed by atoms with Gasteiger partial charge in [-0.1, -0.05) is 19.1 Å². The lowest BCUT2D eigenvalue weighted by molar-refractivity contribution is -0.141. The molecule has 15 heavy (non-hydrogen) atoms. The van der Waals surface area contributed by atoms with Gasteiger partial charge in [0.1, 0.15) is 11.9 Å². The highest BCUT2D eigenvalue weighted by molar-refractivity contribution is 5.72. The summed E-state index contributed by atoms with van der Waals surface area (Å²) in [6.45, 7) is 2.03. The fourth-order valence-electron chi connectivity index (χ4n) is 1.87. The first kappa shape index (κ1) is 10.0. The average Bonchev–Trinajstić information content (AvgIpc) is 2.58. The Kier molecular flexibility index (Phi) is 2.62. The highest BCUT2D eigenvalue weighted by atomic mass is 16.5. The first-order chi connectivity index (χ1) is 7.20. The Bertz CT molecular complexity index is 356. The highest BCUT2D eigenvalue weighted by Crippen LogP contribution is 2.35. The Morgan fingerprint density at radius 2 is 2.00 bits per heavy atom. The molecule has 2 rings (SSSR count). The van der Waals surface area contributed by atoms with Crippen molar-refractivity contribution in [2.75, 3.05) is 7.11 Å². The lowest BCUT2D eigenvalue weighted by Crippen LogP contribution is -2.03. The Balaban J connectivity index is 2.19. The number of esters is 1. The van der Waals surface area contributed by atoms with Gasteiger partial charge in [-0.3, -0.25) is 4.79 Å². The molecule has 80 valence electrons. The second-order valence-corrected chi connectivity index (χ2v) is 3.87. The van der Waals surface area contributed by atoms with Gasteiger partial charge in [-0.25, -0.2) is 0 Å². The number of hydrogen-bond acceptors (Lipinski definition) is 3. The first-order valence-electron chi connectivity index (χ1n) is 5.04. The maximum absolute atomic E-state index is 11.1. The molecule has 1 saturated heterocycles. The number of ether oxygens (including phenoxy) is 2. The van der Waals surface area contributed by atoms with E-state index in [4.69, 9.17) is 9.47 Å². The van der Waals surface area contributed by atoms with Crippen molar-refractivity contribution in [2.45, 2.75) is 19.4 Å². The summed E-state index contributed by atoms with van der Waals surface area (Å²) in [4.78, 5) is 11.1. The van der Waals surface area contributed by atoms with Gasteiger partial charge in [0, 0.05) is 5.92 Å². The molecule has 3 heteroatoms. The van der Waals surface area contributed by atoms with Crippen LogP contribution in [0.3, 0.4) is 0 Å². The predicted molar refractivity (Wildman–Crippen MR) is 55.6 cm³/mol. The molecule has 0 aromatic heterocycles. The van der Waals surface area contributed by atoms with Crippen molar-refractivity contribution in [3.63, 3.8) is 0 Å². The number of cyclic esters (lactones) is 1. The van der Waals surface area contributed by atoms with E-state index >= 15 is 0 Å². The van der Waals surface area contributed by atoms with Gasteiger partial charge in [0.2, 0.25) is 0 Å². The Labute approximate surface area is 89.0 Å². The molecule has 1 aliphatic heterocycles. The maximum atomic E-state index is 11.1. The van der Waals surface area contributed by atoms with Crippen molar-refractivity contribution in [3.05, 3.63) is 29.8 Å². The van der Waals surface area contributed by atoms with E-state index in [2.05, 4.69) is 0 Å². The third-order valence-corrected chi connectivity index (χ3v) is 2.71. The van der Waals surface area contributed by atoms with Crippen molar-refractivity contribution >= 4 is 5.97 Å². The van der Waals surface area contributed by atoms with E-state index in [1.165, 1.54) is 0 Å². The maximum Gasteiger partial charge on any atom is 0.306 e. The van der Waals surface area contributed by atoms with E-state index in [0.717, 1.165) is 11.3 Å². The molecule has 3 nitrogen and oxygen atoms in total. The molecule has 2 unspecified atom stereocenters. The molecule has 1 aromatic rings. The lowest BCUT2D eigenvalue weighted by atomic mass is 9.97. The van der Waals surface area contributed by atoms with Crippen LogP contribution in [0.5, 0.6) is 5.75 Å². The Morgan fingerprint density at radius 3 is 2.47 bits per heavy atom. The summed E-state index contributed by atoms with van der Waals surface area (Å²) in [6.07, 6.45) is 0.417. The van der Waals surface area contributed by atoms with Crippen LogP contribution >= 0.6 is 0 Å². The van der Waals surface area contributed by atoms with Crippen molar-refractivity contribution in [1.29, 1.82) is 0 Å². The van der Waals surface area contributed by atoms with Gasteiger partial charge in [-0.2, -0.15) is 0 Å². The van der Waals surface area contributed by atoms with E-state index in [-0.39, 0.29) is 18.0 Å². The van der Waals surface area contributed by atoms with Gasteiger partial charge in [-0.15, -0.1) is 0 Å². The van der Waals surface area contributed by atoms with Crippen LogP contribution < -0.4 is 4.74 Å². The third-order valence-electron chi connectivity index (χ3n) is 2.71. The number of carbonyl (C=O) groups excluding carboxylic acids is 1. The molecule has 0 radical (unpaired) electrons. The summed E-state index contributed by atoms with van der Waals surface area (Å²) in [6, 6.07) is 7.65. The van der Waals surface area contributed by atoms with Crippen molar-refractivity contribution in [2.24, 2.45) is 5.92 Å².